The summed E-state index contributed by atoms with van der Waals surface area (Å²) < 4.78 is 19.1. The molecule has 5 nitrogen and oxygen atoms in total. The Bertz CT molecular complexity index is 735. The highest BCUT2D eigenvalue weighted by molar-refractivity contribution is 6.04. The zero-order chi connectivity index (χ0) is 18.0. The molecule has 25 heavy (non-hydrogen) atoms. The summed E-state index contributed by atoms with van der Waals surface area (Å²) >= 11 is 0. The average molecular weight is 348 g/mol. The number of fused-ring (bicyclic) bond motifs is 1. The molecular weight excluding hydrogens is 323 g/mol. The Morgan fingerprint density at radius 1 is 1.44 bits per heavy atom. The van der Waals surface area contributed by atoms with E-state index in [4.69, 9.17) is 4.42 Å². The lowest BCUT2D eigenvalue weighted by Gasteiger charge is -2.34. The Kier molecular flexibility index (Phi) is 5.39. The van der Waals surface area contributed by atoms with Crippen molar-refractivity contribution < 1.29 is 18.7 Å². The molecule has 6 heteroatoms. The van der Waals surface area contributed by atoms with E-state index in [2.05, 4.69) is 4.90 Å². The fourth-order valence-electron chi connectivity index (χ4n) is 3.61. The number of halogens is 1. The monoisotopic (exact) mass is 348 g/mol. The standard InChI is InChI=1S/C19H25FN2O3/c1-13(23)11-22-6-3-14(4-7-22)12-21(2)19(24)17-10-16(20)9-15-5-8-25-18(15)17/h5,8-10,13-14,23H,3-4,6-7,11-12H2,1-2H3. The maximum atomic E-state index is 13.8. The van der Waals surface area contributed by atoms with Crippen molar-refractivity contribution in [2.45, 2.75) is 25.9 Å². The highest BCUT2D eigenvalue weighted by Gasteiger charge is 2.24. The Morgan fingerprint density at radius 3 is 2.84 bits per heavy atom. The molecule has 0 spiro atoms. The normalized spacial score (nSPS) is 17.8. The summed E-state index contributed by atoms with van der Waals surface area (Å²) in [7, 11) is 1.75. The van der Waals surface area contributed by atoms with Crippen LogP contribution in [-0.4, -0.2) is 60.1 Å². The average Bonchev–Trinajstić information content (AvgIpc) is 3.02. The van der Waals surface area contributed by atoms with Crippen LogP contribution in [0.25, 0.3) is 11.0 Å². The minimum absolute atomic E-state index is 0.217. The molecule has 1 aliphatic heterocycles. The first kappa shape index (κ1) is 17.9. The molecule has 1 aliphatic rings. The lowest BCUT2D eigenvalue weighted by molar-refractivity contribution is 0.0703. The summed E-state index contributed by atoms with van der Waals surface area (Å²) in [5.41, 5.74) is 0.707. The Morgan fingerprint density at radius 2 is 2.16 bits per heavy atom. The predicted octanol–water partition coefficient (Wildman–Crippen LogP) is 2.74. The van der Waals surface area contributed by atoms with Crippen LogP contribution < -0.4 is 0 Å². The van der Waals surface area contributed by atoms with Gasteiger partial charge in [0.2, 0.25) is 0 Å². The summed E-state index contributed by atoms with van der Waals surface area (Å²) in [5.74, 6) is -0.234. The van der Waals surface area contributed by atoms with E-state index in [1.807, 2.05) is 0 Å². The number of amides is 1. The van der Waals surface area contributed by atoms with Gasteiger partial charge in [-0.1, -0.05) is 0 Å². The van der Waals surface area contributed by atoms with Gasteiger partial charge in [-0.05, 0) is 57.0 Å². The summed E-state index contributed by atoms with van der Waals surface area (Å²) in [6.07, 6.45) is 3.14. The number of aliphatic hydroxyl groups is 1. The molecule has 1 atom stereocenters. The van der Waals surface area contributed by atoms with E-state index in [1.54, 1.807) is 24.9 Å². The number of rotatable bonds is 5. The van der Waals surface area contributed by atoms with Crippen LogP contribution in [0.15, 0.2) is 28.9 Å². The number of aliphatic hydroxyl groups excluding tert-OH is 1. The molecule has 0 saturated carbocycles. The fraction of sp³-hybridized carbons (Fsp3) is 0.526. The van der Waals surface area contributed by atoms with E-state index >= 15 is 0 Å². The van der Waals surface area contributed by atoms with Crippen LogP contribution in [-0.2, 0) is 0 Å². The fourth-order valence-corrected chi connectivity index (χ4v) is 3.61. The van der Waals surface area contributed by atoms with Crippen LogP contribution in [0.2, 0.25) is 0 Å². The van der Waals surface area contributed by atoms with Gasteiger partial charge in [-0.3, -0.25) is 4.79 Å². The van der Waals surface area contributed by atoms with Crippen LogP contribution in [0.1, 0.15) is 30.1 Å². The molecular formula is C19H25FN2O3. The maximum absolute atomic E-state index is 13.8. The third-order valence-electron chi connectivity index (χ3n) is 4.85. The van der Waals surface area contributed by atoms with Crippen molar-refractivity contribution in [2.75, 3.05) is 33.2 Å². The minimum Gasteiger partial charge on any atom is -0.464 e. The first-order chi connectivity index (χ1) is 11.9. The number of furan rings is 1. The van der Waals surface area contributed by atoms with Crippen molar-refractivity contribution in [3.8, 4) is 0 Å². The predicted molar refractivity (Wildman–Crippen MR) is 94.0 cm³/mol. The van der Waals surface area contributed by atoms with Crippen LogP contribution >= 0.6 is 0 Å². The molecule has 1 N–H and O–H groups in total. The second-order valence-electron chi connectivity index (χ2n) is 7.07. The van der Waals surface area contributed by atoms with Gasteiger partial charge in [0.15, 0.2) is 0 Å². The summed E-state index contributed by atoms with van der Waals surface area (Å²) in [4.78, 5) is 16.7. The number of hydrogen-bond donors (Lipinski definition) is 1. The number of nitrogens with zero attached hydrogens (tertiary/aromatic N) is 2. The molecule has 136 valence electrons. The van der Waals surface area contributed by atoms with Crippen molar-refractivity contribution in [3.05, 3.63) is 35.8 Å². The van der Waals surface area contributed by atoms with E-state index < -0.39 is 5.82 Å². The van der Waals surface area contributed by atoms with Gasteiger partial charge in [0.25, 0.3) is 5.91 Å². The van der Waals surface area contributed by atoms with Crippen molar-refractivity contribution in [2.24, 2.45) is 5.92 Å². The van der Waals surface area contributed by atoms with Gasteiger partial charge in [-0.25, -0.2) is 4.39 Å². The van der Waals surface area contributed by atoms with Crippen LogP contribution in [0.3, 0.4) is 0 Å². The summed E-state index contributed by atoms with van der Waals surface area (Å²) in [5, 5.41) is 10.1. The molecule has 1 amide bonds. The molecule has 0 radical (unpaired) electrons. The van der Waals surface area contributed by atoms with Gasteiger partial charge in [-0.2, -0.15) is 0 Å². The van der Waals surface area contributed by atoms with E-state index in [9.17, 15) is 14.3 Å². The van der Waals surface area contributed by atoms with Crippen LogP contribution in [0.5, 0.6) is 0 Å². The molecule has 3 rings (SSSR count). The van der Waals surface area contributed by atoms with Gasteiger partial charge >= 0.3 is 0 Å². The minimum atomic E-state index is -0.433. The number of β-amino-alcohol motifs (C(OH)–C–C–N with tert-alkyl or cyclic N) is 1. The van der Waals surface area contributed by atoms with E-state index in [1.165, 1.54) is 18.4 Å². The highest BCUT2D eigenvalue weighted by atomic mass is 19.1. The van der Waals surface area contributed by atoms with Crippen molar-refractivity contribution >= 4 is 16.9 Å². The van der Waals surface area contributed by atoms with Crippen molar-refractivity contribution in [3.63, 3.8) is 0 Å². The van der Waals surface area contributed by atoms with Gasteiger partial charge < -0.3 is 19.3 Å². The number of benzene rings is 1. The van der Waals surface area contributed by atoms with E-state index in [-0.39, 0.29) is 17.6 Å². The molecule has 2 heterocycles. The largest absolute Gasteiger partial charge is 0.464 e. The Hall–Kier alpha value is -1.92. The maximum Gasteiger partial charge on any atom is 0.257 e. The van der Waals surface area contributed by atoms with Crippen LogP contribution in [0, 0.1) is 11.7 Å². The quantitative estimate of drug-likeness (QED) is 0.903. The zero-order valence-corrected chi connectivity index (χ0v) is 14.7. The van der Waals surface area contributed by atoms with E-state index in [0.29, 0.717) is 30.0 Å². The van der Waals surface area contributed by atoms with Crippen molar-refractivity contribution in [1.82, 2.24) is 9.80 Å². The number of carbonyl (C=O) groups is 1. The highest BCUT2D eigenvalue weighted by Crippen LogP contribution is 2.24. The molecule has 1 aromatic carbocycles. The second kappa shape index (κ2) is 7.54. The van der Waals surface area contributed by atoms with Gasteiger partial charge in [-0.15, -0.1) is 0 Å². The van der Waals surface area contributed by atoms with E-state index in [0.717, 1.165) is 25.9 Å². The molecule has 0 bridgehead atoms. The molecule has 1 unspecified atom stereocenters. The second-order valence-corrected chi connectivity index (χ2v) is 7.07. The first-order valence-electron chi connectivity index (χ1n) is 8.76. The zero-order valence-electron chi connectivity index (χ0n) is 14.7. The summed E-state index contributed by atoms with van der Waals surface area (Å²) in [6.45, 7) is 4.99. The van der Waals surface area contributed by atoms with Crippen molar-refractivity contribution in [1.29, 1.82) is 0 Å². The number of likely N-dealkylation sites (tertiary alicyclic amines) is 1. The number of hydrogen-bond acceptors (Lipinski definition) is 4. The Labute approximate surface area is 147 Å². The smallest absolute Gasteiger partial charge is 0.257 e. The molecule has 1 fully saturated rings. The lowest BCUT2D eigenvalue weighted by atomic mass is 9.96. The third-order valence-corrected chi connectivity index (χ3v) is 4.85. The number of carbonyl (C=O) groups excluding carboxylic acids is 1. The first-order valence-corrected chi connectivity index (χ1v) is 8.76. The van der Waals surface area contributed by atoms with Gasteiger partial charge in [0, 0.05) is 25.5 Å². The van der Waals surface area contributed by atoms with Gasteiger partial charge in [0.1, 0.15) is 11.4 Å². The molecule has 0 aliphatic carbocycles. The molecule has 2 aromatic rings. The lowest BCUT2D eigenvalue weighted by Crippen LogP contribution is -2.41. The van der Waals surface area contributed by atoms with Gasteiger partial charge in [0.05, 0.1) is 17.9 Å². The number of piperidine rings is 1. The Balaban J connectivity index is 1.62. The third kappa shape index (κ3) is 4.19. The SMILES string of the molecule is CC(O)CN1CCC(CN(C)C(=O)c2cc(F)cc3ccoc23)CC1. The molecule has 1 saturated heterocycles. The van der Waals surface area contributed by atoms with Crippen LogP contribution in [0.4, 0.5) is 4.39 Å². The topological polar surface area (TPSA) is 56.9 Å². The summed E-state index contributed by atoms with van der Waals surface area (Å²) in [6, 6.07) is 4.27. The molecule has 1 aromatic heterocycles.